The van der Waals surface area contributed by atoms with Crippen molar-refractivity contribution in [1.29, 1.82) is 0 Å². The molecule has 24 heavy (non-hydrogen) atoms. The zero-order valence-corrected chi connectivity index (χ0v) is 15.5. The van der Waals surface area contributed by atoms with E-state index in [4.69, 9.17) is 9.47 Å². The van der Waals surface area contributed by atoms with Gasteiger partial charge in [-0.2, -0.15) is 0 Å². The number of ether oxygens (including phenoxy) is 2. The fourth-order valence-corrected chi connectivity index (χ4v) is 2.96. The van der Waals surface area contributed by atoms with Crippen molar-refractivity contribution in [3.8, 4) is 11.5 Å². The summed E-state index contributed by atoms with van der Waals surface area (Å²) in [6, 6.07) is 14.4. The molecule has 2 rings (SSSR count). The molecule has 0 amide bonds. The van der Waals surface area contributed by atoms with E-state index in [1.165, 1.54) is 5.56 Å². The maximum absolute atomic E-state index is 6.13. The van der Waals surface area contributed by atoms with Gasteiger partial charge in [-0.15, -0.1) is 6.58 Å². The Morgan fingerprint density at radius 2 is 1.88 bits per heavy atom. The smallest absolute Gasteiger partial charge is 0.130 e. The van der Waals surface area contributed by atoms with Crippen molar-refractivity contribution < 1.29 is 9.47 Å². The average Bonchev–Trinajstić information content (AvgIpc) is 2.51. The van der Waals surface area contributed by atoms with Crippen LogP contribution in [0.5, 0.6) is 11.5 Å². The average molecular weight is 324 g/mol. The largest absolute Gasteiger partial charge is 0.457 e. The van der Waals surface area contributed by atoms with Gasteiger partial charge >= 0.3 is 0 Å². The fourth-order valence-electron chi connectivity index (χ4n) is 2.96. The highest BCUT2D eigenvalue weighted by Crippen LogP contribution is 2.35. The Bertz CT molecular complexity index is 718. The molecule has 0 fully saturated rings. The molecule has 0 heterocycles. The van der Waals surface area contributed by atoms with E-state index in [1.807, 2.05) is 26.0 Å². The van der Waals surface area contributed by atoms with Gasteiger partial charge in [-0.1, -0.05) is 29.8 Å². The maximum atomic E-state index is 6.13. The second-order valence-corrected chi connectivity index (χ2v) is 6.70. The zero-order chi connectivity index (χ0) is 17.7. The van der Waals surface area contributed by atoms with Crippen LogP contribution in [0.15, 0.2) is 54.6 Å². The highest BCUT2D eigenvalue weighted by Gasteiger charge is 2.27. The second kappa shape index (κ2) is 7.67. The Morgan fingerprint density at radius 1 is 1.12 bits per heavy atom. The normalized spacial score (nSPS) is 13.4. The molecule has 2 aromatic rings. The van der Waals surface area contributed by atoms with Crippen molar-refractivity contribution >= 4 is 0 Å². The third kappa shape index (κ3) is 4.48. The monoisotopic (exact) mass is 324 g/mol. The summed E-state index contributed by atoms with van der Waals surface area (Å²) in [5, 5.41) is 0. The lowest BCUT2D eigenvalue weighted by Gasteiger charge is -2.30. The molecular weight excluding hydrogens is 296 g/mol. The molecule has 2 heteroatoms. The lowest BCUT2D eigenvalue weighted by Crippen LogP contribution is -2.26. The van der Waals surface area contributed by atoms with Crippen molar-refractivity contribution in [1.82, 2.24) is 0 Å². The van der Waals surface area contributed by atoms with Gasteiger partial charge in [0.1, 0.15) is 11.5 Å². The van der Waals surface area contributed by atoms with Crippen molar-refractivity contribution in [2.24, 2.45) is 0 Å². The SMILES string of the molecule is C=C(C)CC(C)(OCC)c1cccc(Oc2cc(C)ccc2C)c1. The van der Waals surface area contributed by atoms with Crippen LogP contribution in [0.2, 0.25) is 0 Å². The van der Waals surface area contributed by atoms with Gasteiger partial charge in [-0.3, -0.25) is 0 Å². The summed E-state index contributed by atoms with van der Waals surface area (Å²) in [6.45, 7) is 15.0. The minimum absolute atomic E-state index is 0.387. The molecule has 0 radical (unpaired) electrons. The first-order valence-corrected chi connectivity index (χ1v) is 8.48. The molecule has 1 atom stereocenters. The first-order chi connectivity index (χ1) is 11.3. The van der Waals surface area contributed by atoms with Gasteiger partial charge in [0.2, 0.25) is 0 Å². The third-order valence-electron chi connectivity index (χ3n) is 4.12. The lowest BCUT2D eigenvalue weighted by atomic mass is 9.89. The van der Waals surface area contributed by atoms with Crippen LogP contribution < -0.4 is 4.74 Å². The number of hydrogen-bond acceptors (Lipinski definition) is 2. The summed E-state index contributed by atoms with van der Waals surface area (Å²) in [7, 11) is 0. The van der Waals surface area contributed by atoms with Crippen LogP contribution in [0.1, 0.15) is 43.9 Å². The van der Waals surface area contributed by atoms with E-state index in [-0.39, 0.29) is 5.60 Å². The van der Waals surface area contributed by atoms with Crippen LogP contribution in [0.25, 0.3) is 0 Å². The summed E-state index contributed by atoms with van der Waals surface area (Å²) in [6.07, 6.45) is 0.785. The van der Waals surface area contributed by atoms with Crippen molar-refractivity contribution in [2.45, 2.75) is 46.6 Å². The highest BCUT2D eigenvalue weighted by atomic mass is 16.5. The Morgan fingerprint density at radius 3 is 2.54 bits per heavy atom. The minimum atomic E-state index is -0.387. The quantitative estimate of drug-likeness (QED) is 0.555. The molecule has 0 aliphatic carbocycles. The molecule has 128 valence electrons. The van der Waals surface area contributed by atoms with E-state index in [2.05, 4.69) is 57.7 Å². The third-order valence-corrected chi connectivity index (χ3v) is 4.12. The number of benzene rings is 2. The fraction of sp³-hybridized carbons (Fsp3) is 0.364. The first-order valence-electron chi connectivity index (χ1n) is 8.48. The van der Waals surface area contributed by atoms with E-state index in [1.54, 1.807) is 0 Å². The summed E-state index contributed by atoms with van der Waals surface area (Å²) in [4.78, 5) is 0. The van der Waals surface area contributed by atoms with Gasteiger partial charge in [-0.05, 0) is 69.5 Å². The van der Waals surface area contributed by atoms with Crippen LogP contribution in [0.4, 0.5) is 0 Å². The number of aryl methyl sites for hydroxylation is 2. The molecular formula is C22H28O2. The van der Waals surface area contributed by atoms with E-state index in [0.717, 1.165) is 34.6 Å². The van der Waals surface area contributed by atoms with Gasteiger partial charge in [0, 0.05) is 13.0 Å². The Kier molecular flexibility index (Phi) is 5.84. The molecule has 0 aliphatic heterocycles. The van der Waals surface area contributed by atoms with Crippen LogP contribution in [0, 0.1) is 13.8 Å². The standard InChI is InChI=1S/C22H28O2/c1-7-23-22(6,15-16(2)3)19-9-8-10-20(14-19)24-21-13-17(4)11-12-18(21)5/h8-14H,2,7,15H2,1,3-6H3. The van der Waals surface area contributed by atoms with Crippen molar-refractivity contribution in [3.63, 3.8) is 0 Å². The topological polar surface area (TPSA) is 18.5 Å². The maximum Gasteiger partial charge on any atom is 0.130 e. The molecule has 0 bridgehead atoms. The second-order valence-electron chi connectivity index (χ2n) is 6.70. The molecule has 2 aromatic carbocycles. The zero-order valence-electron chi connectivity index (χ0n) is 15.5. The van der Waals surface area contributed by atoms with Crippen LogP contribution in [-0.4, -0.2) is 6.61 Å². The van der Waals surface area contributed by atoms with E-state index >= 15 is 0 Å². The summed E-state index contributed by atoms with van der Waals surface area (Å²) in [5.41, 5.74) is 4.14. The number of hydrogen-bond donors (Lipinski definition) is 0. The van der Waals surface area contributed by atoms with E-state index in [0.29, 0.717) is 6.61 Å². The molecule has 0 spiro atoms. The van der Waals surface area contributed by atoms with Crippen LogP contribution >= 0.6 is 0 Å². The molecule has 2 nitrogen and oxygen atoms in total. The van der Waals surface area contributed by atoms with Gasteiger partial charge < -0.3 is 9.47 Å². The van der Waals surface area contributed by atoms with Gasteiger partial charge in [0.25, 0.3) is 0 Å². The first kappa shape index (κ1) is 18.3. The predicted molar refractivity (Wildman–Crippen MR) is 101 cm³/mol. The van der Waals surface area contributed by atoms with E-state index in [9.17, 15) is 0 Å². The Hall–Kier alpha value is -2.06. The Balaban J connectivity index is 2.33. The summed E-state index contributed by atoms with van der Waals surface area (Å²) >= 11 is 0. The predicted octanol–water partition coefficient (Wildman–Crippen LogP) is 6.31. The molecule has 0 N–H and O–H groups in total. The number of rotatable bonds is 7. The molecule has 0 aromatic heterocycles. The van der Waals surface area contributed by atoms with Crippen LogP contribution in [-0.2, 0) is 10.3 Å². The van der Waals surface area contributed by atoms with E-state index < -0.39 is 0 Å². The van der Waals surface area contributed by atoms with Gasteiger partial charge in [-0.25, -0.2) is 0 Å². The summed E-state index contributed by atoms with van der Waals surface area (Å²) in [5.74, 6) is 1.72. The van der Waals surface area contributed by atoms with Gasteiger partial charge in [0.05, 0.1) is 5.60 Å². The minimum Gasteiger partial charge on any atom is -0.457 e. The molecule has 0 saturated carbocycles. The summed E-state index contributed by atoms with van der Waals surface area (Å²) < 4.78 is 12.2. The molecule has 1 unspecified atom stereocenters. The van der Waals surface area contributed by atoms with Crippen LogP contribution in [0.3, 0.4) is 0 Å². The highest BCUT2D eigenvalue weighted by molar-refractivity contribution is 5.41. The van der Waals surface area contributed by atoms with Crippen molar-refractivity contribution in [3.05, 3.63) is 71.3 Å². The Labute approximate surface area is 146 Å². The van der Waals surface area contributed by atoms with Crippen molar-refractivity contribution in [2.75, 3.05) is 6.61 Å². The molecule has 0 aliphatic rings. The van der Waals surface area contributed by atoms with Gasteiger partial charge in [0.15, 0.2) is 0 Å². The molecule has 0 saturated heterocycles. The lowest BCUT2D eigenvalue weighted by molar-refractivity contribution is -0.0290.